The van der Waals surface area contributed by atoms with Crippen LogP contribution in [0, 0.1) is 0 Å². The number of carbonyl (C=O) groups excluding carboxylic acids is 1. The Morgan fingerprint density at radius 1 is 1.30 bits per heavy atom. The van der Waals surface area contributed by atoms with Crippen LogP contribution in [0.15, 0.2) is 36.5 Å². The van der Waals surface area contributed by atoms with E-state index in [0.29, 0.717) is 11.3 Å². The normalized spacial score (nSPS) is 11.2. The summed E-state index contributed by atoms with van der Waals surface area (Å²) >= 11 is 5.57. The highest BCUT2D eigenvalue weighted by atomic mass is 35.5. The average molecular weight is 345 g/mol. The maximum atomic E-state index is 13.0. The van der Waals surface area contributed by atoms with Gasteiger partial charge in [-0.3, -0.25) is 0 Å². The Balaban J connectivity index is 2.25. The predicted octanol–water partition coefficient (Wildman–Crippen LogP) is 4.67. The van der Waals surface area contributed by atoms with Crippen LogP contribution in [0.2, 0.25) is 5.02 Å². The number of aromatic nitrogens is 1. The molecule has 1 aromatic carbocycles. The van der Waals surface area contributed by atoms with Crippen molar-refractivity contribution in [1.29, 1.82) is 0 Å². The zero-order valence-corrected chi connectivity index (χ0v) is 12.7. The molecule has 1 heterocycles. The number of hydrogen-bond donors (Lipinski definition) is 1. The number of carbonyl (C=O) groups is 1. The van der Waals surface area contributed by atoms with Gasteiger partial charge in [-0.2, -0.15) is 13.2 Å². The van der Waals surface area contributed by atoms with Crippen LogP contribution in [0.5, 0.6) is 0 Å². The molecule has 1 N–H and O–H groups in total. The molecule has 0 amide bonds. The first-order chi connectivity index (χ1) is 10.8. The maximum Gasteiger partial charge on any atom is 0.420 e. The fourth-order valence-corrected chi connectivity index (χ4v) is 1.95. The number of ether oxygens (including phenoxy) is 1. The topological polar surface area (TPSA) is 51.2 Å². The molecule has 1 aromatic heterocycles. The Kier molecular flexibility index (Phi) is 5.10. The number of benzene rings is 1. The molecule has 0 fully saturated rings. The van der Waals surface area contributed by atoms with Crippen molar-refractivity contribution >= 4 is 29.1 Å². The Hall–Kier alpha value is -2.28. The van der Waals surface area contributed by atoms with Crippen molar-refractivity contribution in [3.8, 4) is 0 Å². The number of anilines is 2. The summed E-state index contributed by atoms with van der Waals surface area (Å²) in [5, 5.41) is 2.45. The molecule has 0 unspecified atom stereocenters. The summed E-state index contributed by atoms with van der Waals surface area (Å²) in [5.41, 5.74) is -0.324. The quantitative estimate of drug-likeness (QED) is 0.819. The van der Waals surface area contributed by atoms with Gasteiger partial charge >= 0.3 is 12.1 Å². The zero-order valence-electron chi connectivity index (χ0n) is 11.9. The third-order valence-corrected chi connectivity index (χ3v) is 3.03. The molecular weight excluding hydrogens is 333 g/mol. The lowest BCUT2D eigenvalue weighted by molar-refractivity contribution is -0.137. The molecule has 0 saturated carbocycles. The average Bonchev–Trinajstić information content (AvgIpc) is 2.49. The second kappa shape index (κ2) is 6.87. The van der Waals surface area contributed by atoms with Crippen LogP contribution < -0.4 is 5.32 Å². The molecule has 0 bridgehead atoms. The van der Waals surface area contributed by atoms with Crippen LogP contribution in [-0.4, -0.2) is 17.6 Å². The molecule has 0 aliphatic rings. The van der Waals surface area contributed by atoms with Crippen LogP contribution in [-0.2, 0) is 10.9 Å². The molecule has 0 aliphatic carbocycles. The first-order valence-corrected chi connectivity index (χ1v) is 6.96. The lowest BCUT2D eigenvalue weighted by Crippen LogP contribution is -2.10. The Morgan fingerprint density at radius 2 is 1.96 bits per heavy atom. The number of pyridine rings is 1. The van der Waals surface area contributed by atoms with Gasteiger partial charge in [0.15, 0.2) is 0 Å². The number of nitrogens with one attached hydrogen (secondary N) is 1. The summed E-state index contributed by atoms with van der Waals surface area (Å²) < 4.78 is 43.8. The lowest BCUT2D eigenvalue weighted by Gasteiger charge is -2.14. The van der Waals surface area contributed by atoms with E-state index < -0.39 is 17.7 Å². The number of halogens is 4. The molecule has 2 rings (SSSR count). The van der Waals surface area contributed by atoms with Crippen molar-refractivity contribution in [1.82, 2.24) is 4.98 Å². The van der Waals surface area contributed by atoms with Crippen molar-refractivity contribution in [2.24, 2.45) is 0 Å². The molecule has 2 aromatic rings. The van der Waals surface area contributed by atoms with Crippen LogP contribution in [0.4, 0.5) is 24.7 Å². The van der Waals surface area contributed by atoms with Crippen molar-refractivity contribution < 1.29 is 22.7 Å². The van der Waals surface area contributed by atoms with Gasteiger partial charge in [0.25, 0.3) is 0 Å². The van der Waals surface area contributed by atoms with Gasteiger partial charge in [-0.05, 0) is 37.3 Å². The minimum absolute atomic E-state index is 0.111. The third-order valence-electron chi connectivity index (χ3n) is 2.82. The van der Waals surface area contributed by atoms with Gasteiger partial charge in [0.2, 0.25) is 0 Å². The summed E-state index contributed by atoms with van der Waals surface area (Å²) in [7, 11) is 0. The largest absolute Gasteiger partial charge is 0.462 e. The van der Waals surface area contributed by atoms with Gasteiger partial charge in [0.05, 0.1) is 22.8 Å². The molecule has 23 heavy (non-hydrogen) atoms. The standard InChI is InChI=1S/C15H12ClF3N2O2/c1-2-23-14(22)9-3-5-11(6-4-9)21-13-12(15(17,18)19)7-10(16)8-20-13/h3-8H,2H2,1H3,(H,20,21). The number of rotatable bonds is 4. The van der Waals surface area contributed by atoms with E-state index in [1.165, 1.54) is 24.3 Å². The second-order valence-electron chi connectivity index (χ2n) is 4.47. The van der Waals surface area contributed by atoms with Gasteiger partial charge in [-0.1, -0.05) is 11.6 Å². The molecule has 122 valence electrons. The monoisotopic (exact) mass is 344 g/mol. The highest BCUT2D eigenvalue weighted by Crippen LogP contribution is 2.36. The SMILES string of the molecule is CCOC(=O)c1ccc(Nc2ncc(Cl)cc2C(F)(F)F)cc1. The Labute approximate surface area is 135 Å². The molecule has 0 aliphatic heterocycles. The lowest BCUT2D eigenvalue weighted by atomic mass is 10.2. The van der Waals surface area contributed by atoms with Crippen molar-refractivity contribution in [3.05, 3.63) is 52.7 Å². The molecule has 0 spiro atoms. The summed E-state index contributed by atoms with van der Waals surface area (Å²) in [6.07, 6.45) is -3.47. The van der Waals surface area contributed by atoms with Crippen LogP contribution in [0.25, 0.3) is 0 Å². The number of nitrogens with zero attached hydrogens (tertiary/aromatic N) is 1. The van der Waals surface area contributed by atoms with Crippen LogP contribution in [0.3, 0.4) is 0 Å². The van der Waals surface area contributed by atoms with Gasteiger partial charge in [-0.25, -0.2) is 9.78 Å². The van der Waals surface area contributed by atoms with E-state index in [1.807, 2.05) is 0 Å². The maximum absolute atomic E-state index is 13.0. The number of esters is 1. The fraction of sp³-hybridized carbons (Fsp3) is 0.200. The second-order valence-corrected chi connectivity index (χ2v) is 4.91. The highest BCUT2D eigenvalue weighted by molar-refractivity contribution is 6.30. The molecule has 8 heteroatoms. The van der Waals surface area contributed by atoms with Crippen LogP contribution in [0.1, 0.15) is 22.8 Å². The summed E-state index contributed by atoms with van der Waals surface area (Å²) in [6.45, 7) is 1.92. The van der Waals surface area contributed by atoms with Gasteiger partial charge in [0.1, 0.15) is 5.82 Å². The number of hydrogen-bond acceptors (Lipinski definition) is 4. The highest BCUT2D eigenvalue weighted by Gasteiger charge is 2.34. The minimum atomic E-state index is -4.59. The fourth-order valence-electron chi connectivity index (χ4n) is 1.80. The van der Waals surface area contributed by atoms with Crippen LogP contribution >= 0.6 is 11.6 Å². The third kappa shape index (κ3) is 4.35. The van der Waals surface area contributed by atoms with E-state index in [2.05, 4.69) is 10.3 Å². The molecular formula is C15H12ClF3N2O2. The van der Waals surface area contributed by atoms with E-state index in [1.54, 1.807) is 6.92 Å². The Morgan fingerprint density at radius 3 is 2.52 bits per heavy atom. The van der Waals surface area contributed by atoms with Crippen molar-refractivity contribution in [3.63, 3.8) is 0 Å². The van der Waals surface area contributed by atoms with Gasteiger partial charge < -0.3 is 10.1 Å². The first kappa shape index (κ1) is 17.1. The number of alkyl halides is 3. The predicted molar refractivity (Wildman–Crippen MR) is 79.9 cm³/mol. The molecule has 0 atom stereocenters. The van der Waals surface area contributed by atoms with Gasteiger partial charge in [0, 0.05) is 11.9 Å². The first-order valence-electron chi connectivity index (χ1n) is 6.58. The Bertz CT molecular complexity index is 703. The van der Waals surface area contributed by atoms with E-state index in [0.717, 1.165) is 12.3 Å². The summed E-state index contributed by atoms with van der Waals surface area (Å²) in [4.78, 5) is 15.2. The van der Waals surface area contributed by atoms with Gasteiger partial charge in [-0.15, -0.1) is 0 Å². The minimum Gasteiger partial charge on any atom is -0.462 e. The van der Waals surface area contributed by atoms with E-state index >= 15 is 0 Å². The van der Waals surface area contributed by atoms with E-state index in [4.69, 9.17) is 16.3 Å². The van der Waals surface area contributed by atoms with E-state index in [9.17, 15) is 18.0 Å². The summed E-state index contributed by atoms with van der Waals surface area (Å²) in [5.74, 6) is -0.870. The summed E-state index contributed by atoms with van der Waals surface area (Å²) in [6, 6.07) is 6.61. The van der Waals surface area contributed by atoms with Crippen molar-refractivity contribution in [2.75, 3.05) is 11.9 Å². The molecule has 0 saturated heterocycles. The smallest absolute Gasteiger partial charge is 0.420 e. The molecule has 0 radical (unpaired) electrons. The molecule has 4 nitrogen and oxygen atoms in total. The zero-order chi connectivity index (χ0) is 17.0. The van der Waals surface area contributed by atoms with E-state index in [-0.39, 0.29) is 17.4 Å². The van der Waals surface area contributed by atoms with Crippen molar-refractivity contribution in [2.45, 2.75) is 13.1 Å².